The molecule has 2 amide bonds. The number of morpholine rings is 1. The van der Waals surface area contributed by atoms with Crippen LogP contribution in [0.2, 0.25) is 0 Å². The van der Waals surface area contributed by atoms with Gasteiger partial charge in [-0.3, -0.25) is 14.4 Å². The molecule has 2 atom stereocenters. The molecule has 2 unspecified atom stereocenters. The molecular weight excluding hydrogens is 470 g/mol. The van der Waals surface area contributed by atoms with Crippen LogP contribution in [0.25, 0.3) is 0 Å². The first-order valence-corrected chi connectivity index (χ1v) is 14.3. The third kappa shape index (κ3) is 7.51. The van der Waals surface area contributed by atoms with E-state index in [0.29, 0.717) is 45.7 Å². The van der Waals surface area contributed by atoms with E-state index in [1.54, 1.807) is 4.90 Å². The van der Waals surface area contributed by atoms with Crippen LogP contribution >= 0.6 is 0 Å². The van der Waals surface area contributed by atoms with Crippen LogP contribution in [0, 0.1) is 11.8 Å². The van der Waals surface area contributed by atoms with Gasteiger partial charge in [0.05, 0.1) is 43.2 Å². The molecule has 1 aliphatic carbocycles. The van der Waals surface area contributed by atoms with E-state index < -0.39 is 27.7 Å². The lowest BCUT2D eigenvalue weighted by molar-refractivity contribution is -0.139. The zero-order valence-corrected chi connectivity index (χ0v) is 20.9. The van der Waals surface area contributed by atoms with Gasteiger partial charge in [-0.2, -0.15) is 0 Å². The molecule has 3 aliphatic rings. The highest BCUT2D eigenvalue weighted by Crippen LogP contribution is 2.31. The normalized spacial score (nSPS) is 22.4. The summed E-state index contributed by atoms with van der Waals surface area (Å²) in [5.74, 6) is -2.07. The lowest BCUT2D eigenvalue weighted by Gasteiger charge is -2.28. The predicted molar refractivity (Wildman–Crippen MR) is 132 cm³/mol. The summed E-state index contributed by atoms with van der Waals surface area (Å²) < 4.78 is 30.8. The minimum absolute atomic E-state index is 0.0525. The van der Waals surface area contributed by atoms with Crippen molar-refractivity contribution in [1.82, 2.24) is 10.2 Å². The molecule has 4 rings (SSSR count). The third-order valence-corrected chi connectivity index (χ3v) is 8.78. The van der Waals surface area contributed by atoms with E-state index in [-0.39, 0.29) is 42.1 Å². The van der Waals surface area contributed by atoms with Crippen LogP contribution in [0.3, 0.4) is 0 Å². The van der Waals surface area contributed by atoms with Crippen molar-refractivity contribution < 1.29 is 27.5 Å². The molecule has 2 saturated heterocycles. The molecule has 0 radical (unpaired) electrons. The van der Waals surface area contributed by atoms with Crippen molar-refractivity contribution in [3.63, 3.8) is 0 Å². The van der Waals surface area contributed by atoms with Crippen LogP contribution in [0.4, 0.5) is 5.69 Å². The van der Waals surface area contributed by atoms with Crippen molar-refractivity contribution in [2.75, 3.05) is 55.8 Å². The van der Waals surface area contributed by atoms with Crippen molar-refractivity contribution in [1.29, 1.82) is 0 Å². The summed E-state index contributed by atoms with van der Waals surface area (Å²) in [6, 6.07) is 8.96. The first kappa shape index (κ1) is 25.6. The van der Waals surface area contributed by atoms with Crippen molar-refractivity contribution in [2.45, 2.75) is 38.1 Å². The second-order valence-corrected chi connectivity index (χ2v) is 12.0. The van der Waals surface area contributed by atoms with Crippen LogP contribution < -0.4 is 10.2 Å². The third-order valence-electron chi connectivity index (χ3n) is 6.89. The van der Waals surface area contributed by atoms with Crippen LogP contribution in [0.5, 0.6) is 0 Å². The fourth-order valence-electron chi connectivity index (χ4n) is 4.72. The van der Waals surface area contributed by atoms with E-state index in [2.05, 4.69) is 5.32 Å². The molecule has 1 saturated carbocycles. The first-order valence-electron chi connectivity index (χ1n) is 12.5. The number of carbonyl (C=O) groups is 3. The van der Waals surface area contributed by atoms with E-state index in [9.17, 15) is 22.8 Å². The van der Waals surface area contributed by atoms with Crippen LogP contribution in [-0.4, -0.2) is 87.9 Å². The van der Waals surface area contributed by atoms with Crippen LogP contribution in [0.1, 0.15) is 32.1 Å². The molecule has 35 heavy (non-hydrogen) atoms. The Bertz CT molecular complexity index is 1010. The van der Waals surface area contributed by atoms with Gasteiger partial charge in [-0.15, -0.1) is 0 Å². The molecule has 0 spiro atoms. The number of hydrogen-bond acceptors (Lipinski definition) is 7. The second kappa shape index (κ2) is 11.5. The summed E-state index contributed by atoms with van der Waals surface area (Å²) in [6.07, 6.45) is 2.77. The monoisotopic (exact) mass is 505 g/mol. The predicted octanol–water partition coefficient (Wildman–Crippen LogP) is 1.03. The molecule has 1 aromatic carbocycles. The quantitative estimate of drug-likeness (QED) is 0.533. The summed E-state index contributed by atoms with van der Waals surface area (Å²) in [7, 11) is -3.49. The van der Waals surface area contributed by atoms with Gasteiger partial charge in [0.2, 0.25) is 11.8 Å². The van der Waals surface area contributed by atoms with E-state index >= 15 is 0 Å². The van der Waals surface area contributed by atoms with Gasteiger partial charge in [0.15, 0.2) is 15.6 Å². The van der Waals surface area contributed by atoms with Gasteiger partial charge in [0, 0.05) is 31.7 Å². The fourth-order valence-corrected chi connectivity index (χ4v) is 6.79. The summed E-state index contributed by atoms with van der Waals surface area (Å²) in [6.45, 7) is 2.58. The highest BCUT2D eigenvalue weighted by molar-refractivity contribution is 7.91. The number of hydrogen-bond donors (Lipinski definition) is 1. The van der Waals surface area contributed by atoms with Crippen LogP contribution in [-0.2, 0) is 29.0 Å². The number of benzene rings is 1. The standard InChI is InChI=1S/C25H35N3O6S/c29-23-16-28(21-5-2-1-3-6-21)10-4-7-22(23)26-25(31)20(18-35(32,33)17-19-8-9-19)15-24(30)27-11-13-34-14-12-27/h1-3,5-6,19-20,22H,4,7-18H2,(H,26,31). The lowest BCUT2D eigenvalue weighted by Crippen LogP contribution is -2.48. The zero-order valence-electron chi connectivity index (χ0n) is 20.1. The van der Waals surface area contributed by atoms with Gasteiger partial charge >= 0.3 is 0 Å². The number of rotatable bonds is 9. The smallest absolute Gasteiger partial charge is 0.225 e. The molecule has 0 bridgehead atoms. The maximum atomic E-state index is 13.3. The Morgan fingerprint density at radius 2 is 1.77 bits per heavy atom. The fraction of sp³-hybridized carbons (Fsp3) is 0.640. The minimum atomic E-state index is -3.49. The minimum Gasteiger partial charge on any atom is -0.378 e. The molecule has 9 nitrogen and oxygen atoms in total. The number of sulfone groups is 1. The summed E-state index contributed by atoms with van der Waals surface area (Å²) >= 11 is 0. The van der Waals surface area contributed by atoms with Gasteiger partial charge in [0.25, 0.3) is 0 Å². The highest BCUT2D eigenvalue weighted by atomic mass is 32.2. The molecule has 2 heterocycles. The molecule has 192 valence electrons. The number of nitrogens with zero attached hydrogens (tertiary/aromatic N) is 2. The summed E-state index contributed by atoms with van der Waals surface area (Å²) in [5.41, 5.74) is 0.952. The maximum absolute atomic E-state index is 13.3. The maximum Gasteiger partial charge on any atom is 0.225 e. The number of nitrogens with one attached hydrogen (secondary N) is 1. The van der Waals surface area contributed by atoms with Crippen molar-refractivity contribution in [2.24, 2.45) is 11.8 Å². The number of anilines is 1. The Morgan fingerprint density at radius 3 is 2.46 bits per heavy atom. The Balaban J connectivity index is 1.42. The molecule has 2 aliphatic heterocycles. The number of ketones is 1. The largest absolute Gasteiger partial charge is 0.378 e. The molecule has 3 fully saturated rings. The molecule has 1 aromatic rings. The second-order valence-electron chi connectivity index (χ2n) is 9.84. The number of amides is 2. The van der Waals surface area contributed by atoms with E-state index in [1.165, 1.54) is 0 Å². The topological polar surface area (TPSA) is 113 Å². The summed E-state index contributed by atoms with van der Waals surface area (Å²) in [4.78, 5) is 42.8. The first-order chi connectivity index (χ1) is 16.8. The zero-order chi connectivity index (χ0) is 24.8. The van der Waals surface area contributed by atoms with Crippen molar-refractivity contribution >= 4 is 33.1 Å². The van der Waals surface area contributed by atoms with Crippen LogP contribution in [0.15, 0.2) is 30.3 Å². The number of para-hydroxylation sites is 1. The number of ether oxygens (including phenoxy) is 1. The summed E-state index contributed by atoms with van der Waals surface area (Å²) in [5, 5.41) is 2.81. The van der Waals surface area contributed by atoms with Crippen molar-refractivity contribution in [3.05, 3.63) is 30.3 Å². The Kier molecular flexibility index (Phi) is 8.43. The van der Waals surface area contributed by atoms with Crippen molar-refractivity contribution in [3.8, 4) is 0 Å². The van der Waals surface area contributed by atoms with E-state index in [4.69, 9.17) is 4.74 Å². The average Bonchev–Trinajstić information content (AvgIpc) is 3.67. The highest BCUT2D eigenvalue weighted by Gasteiger charge is 2.36. The Morgan fingerprint density at radius 1 is 1.06 bits per heavy atom. The number of carbonyl (C=O) groups excluding carboxylic acids is 3. The average molecular weight is 506 g/mol. The molecular formula is C25H35N3O6S. The Labute approximate surface area is 207 Å². The van der Waals surface area contributed by atoms with Gasteiger partial charge < -0.3 is 19.9 Å². The molecule has 10 heteroatoms. The number of Topliss-reactive ketones (excluding diaryl/α,β-unsaturated/α-hetero) is 1. The molecule has 1 N–H and O–H groups in total. The van der Waals surface area contributed by atoms with E-state index in [1.807, 2.05) is 35.2 Å². The lowest BCUT2D eigenvalue weighted by atomic mass is 10.0. The van der Waals surface area contributed by atoms with E-state index in [0.717, 1.165) is 18.5 Å². The SMILES string of the molecule is O=C(NC1CCCN(c2ccccc2)CC1=O)C(CC(=O)N1CCOCC1)CS(=O)(=O)CC1CC1. The Hall–Kier alpha value is -2.46. The molecule has 0 aromatic heterocycles. The van der Waals surface area contributed by atoms with Gasteiger partial charge in [-0.05, 0) is 43.7 Å². The van der Waals surface area contributed by atoms with Gasteiger partial charge in [-0.25, -0.2) is 8.42 Å². The van der Waals surface area contributed by atoms with Gasteiger partial charge in [0.1, 0.15) is 0 Å². The van der Waals surface area contributed by atoms with Gasteiger partial charge in [-0.1, -0.05) is 18.2 Å².